The summed E-state index contributed by atoms with van der Waals surface area (Å²) < 4.78 is 3.39. The van der Waals surface area contributed by atoms with E-state index in [9.17, 15) is 10.2 Å². The van der Waals surface area contributed by atoms with Crippen molar-refractivity contribution in [3.8, 4) is 22.6 Å². The topological polar surface area (TPSA) is 52.5 Å². The van der Waals surface area contributed by atoms with Gasteiger partial charge in [-0.15, -0.1) is 0 Å². The van der Waals surface area contributed by atoms with Crippen LogP contribution in [0, 0.1) is 0 Å². The fraction of sp³-hybridized carbons (Fsp3) is 0.182. The molecule has 0 fully saturated rings. The number of anilines is 1. The molecule has 0 atom stereocenters. The van der Waals surface area contributed by atoms with E-state index in [2.05, 4.69) is 16.9 Å². The van der Waals surface area contributed by atoms with Gasteiger partial charge in [0.15, 0.2) is 0 Å². The molecule has 3 N–H and O–H groups in total. The number of nitrogens with one attached hydrogen (secondary N) is 1. The van der Waals surface area contributed by atoms with E-state index in [0.29, 0.717) is 0 Å². The van der Waals surface area contributed by atoms with E-state index in [0.717, 1.165) is 28.1 Å². The number of aromatic hydroxyl groups is 2. The molecular formula is C22H23NO2S. The maximum absolute atomic E-state index is 10.4. The largest absolute Gasteiger partial charge is 0.508 e. The fourth-order valence-corrected chi connectivity index (χ4v) is 3.62. The number of benzene rings is 3. The molecule has 0 saturated heterocycles. The Morgan fingerprint density at radius 3 is 2.27 bits per heavy atom. The second-order valence-electron chi connectivity index (χ2n) is 6.50. The molecular weight excluding hydrogens is 342 g/mol. The monoisotopic (exact) mass is 365 g/mol. The van der Waals surface area contributed by atoms with Crippen LogP contribution in [-0.4, -0.2) is 10.2 Å². The molecule has 26 heavy (non-hydrogen) atoms. The first-order valence-electron chi connectivity index (χ1n) is 8.63. The maximum atomic E-state index is 10.4. The minimum Gasteiger partial charge on any atom is -0.508 e. The van der Waals surface area contributed by atoms with E-state index in [1.807, 2.05) is 62.4 Å². The van der Waals surface area contributed by atoms with Crippen molar-refractivity contribution in [2.45, 2.75) is 25.5 Å². The predicted octanol–water partition coefficient (Wildman–Crippen LogP) is 6.15. The van der Waals surface area contributed by atoms with Gasteiger partial charge in [0.2, 0.25) is 0 Å². The van der Waals surface area contributed by atoms with Crippen LogP contribution in [0.15, 0.2) is 66.7 Å². The second-order valence-corrected chi connectivity index (χ2v) is 7.29. The lowest BCUT2D eigenvalue weighted by atomic mass is 9.95. The molecule has 3 nitrogen and oxygen atoms in total. The Kier molecular flexibility index (Phi) is 5.74. The Morgan fingerprint density at radius 2 is 1.54 bits per heavy atom. The van der Waals surface area contributed by atoms with E-state index in [1.165, 1.54) is 11.6 Å². The molecule has 0 saturated carbocycles. The van der Waals surface area contributed by atoms with Crippen LogP contribution in [0.25, 0.3) is 11.1 Å². The molecule has 3 aromatic rings. The lowest BCUT2D eigenvalue weighted by Crippen LogP contribution is -1.94. The summed E-state index contributed by atoms with van der Waals surface area (Å²) in [6.45, 7) is 4.05. The van der Waals surface area contributed by atoms with E-state index in [-0.39, 0.29) is 17.4 Å². The second kappa shape index (κ2) is 8.19. The summed E-state index contributed by atoms with van der Waals surface area (Å²) in [6, 6.07) is 21.5. The highest BCUT2D eigenvalue weighted by Gasteiger charge is 2.15. The van der Waals surface area contributed by atoms with Crippen molar-refractivity contribution >= 4 is 17.6 Å². The summed E-state index contributed by atoms with van der Waals surface area (Å²) in [5, 5.41) is 20.5. The quantitative estimate of drug-likeness (QED) is 0.459. The average molecular weight is 365 g/mol. The Morgan fingerprint density at radius 1 is 0.846 bits per heavy atom. The molecule has 4 heteroatoms. The standard InChI is InChI=1S/C22H23NO2S/c1-15(2)18-12-19(22(25)13-21(18)24)17-10-6-7-11-20(17)23-26-14-16-8-4-3-5-9-16/h3-13,15,23-25H,14H2,1-2H3. The van der Waals surface area contributed by atoms with Crippen molar-refractivity contribution in [2.24, 2.45) is 0 Å². The van der Waals surface area contributed by atoms with Crippen molar-refractivity contribution in [3.63, 3.8) is 0 Å². The van der Waals surface area contributed by atoms with Crippen LogP contribution in [0.2, 0.25) is 0 Å². The SMILES string of the molecule is CC(C)c1cc(-c2ccccc2NSCc2ccccc2)c(O)cc1O. The van der Waals surface area contributed by atoms with Crippen molar-refractivity contribution in [1.29, 1.82) is 0 Å². The summed E-state index contributed by atoms with van der Waals surface area (Å²) in [5.74, 6) is 1.22. The highest BCUT2D eigenvalue weighted by molar-refractivity contribution is 7.99. The van der Waals surface area contributed by atoms with Gasteiger partial charge < -0.3 is 14.9 Å². The highest BCUT2D eigenvalue weighted by atomic mass is 32.2. The molecule has 3 rings (SSSR count). The van der Waals surface area contributed by atoms with Crippen LogP contribution in [0.1, 0.15) is 30.9 Å². The molecule has 0 aromatic heterocycles. The summed E-state index contributed by atoms with van der Waals surface area (Å²) >= 11 is 1.61. The third kappa shape index (κ3) is 4.14. The van der Waals surface area contributed by atoms with Gasteiger partial charge in [-0.25, -0.2) is 0 Å². The van der Waals surface area contributed by atoms with Gasteiger partial charge in [-0.1, -0.05) is 62.4 Å². The molecule has 0 heterocycles. The first kappa shape index (κ1) is 18.2. The first-order valence-corrected chi connectivity index (χ1v) is 9.62. The maximum Gasteiger partial charge on any atom is 0.127 e. The van der Waals surface area contributed by atoms with Gasteiger partial charge >= 0.3 is 0 Å². The van der Waals surface area contributed by atoms with Crippen LogP contribution in [0.3, 0.4) is 0 Å². The highest BCUT2D eigenvalue weighted by Crippen LogP contribution is 2.41. The normalized spacial score (nSPS) is 10.9. The zero-order valence-electron chi connectivity index (χ0n) is 14.9. The Labute approximate surface area is 158 Å². The lowest BCUT2D eigenvalue weighted by molar-refractivity contribution is 0.445. The molecule has 0 amide bonds. The van der Waals surface area contributed by atoms with Crippen LogP contribution >= 0.6 is 11.9 Å². The minimum absolute atomic E-state index is 0.0780. The number of rotatable bonds is 6. The molecule has 134 valence electrons. The Balaban J connectivity index is 1.86. The van der Waals surface area contributed by atoms with Gasteiger partial charge in [-0.05, 0) is 41.1 Å². The molecule has 0 unspecified atom stereocenters. The zero-order chi connectivity index (χ0) is 18.5. The molecule has 0 spiro atoms. The van der Waals surface area contributed by atoms with Crippen LogP contribution in [0.4, 0.5) is 5.69 Å². The number of hydrogen-bond donors (Lipinski definition) is 3. The molecule has 0 radical (unpaired) electrons. The van der Waals surface area contributed by atoms with E-state index < -0.39 is 0 Å². The van der Waals surface area contributed by atoms with Gasteiger partial charge in [0.1, 0.15) is 11.5 Å². The van der Waals surface area contributed by atoms with E-state index >= 15 is 0 Å². The van der Waals surface area contributed by atoms with Crippen molar-refractivity contribution in [3.05, 3.63) is 77.9 Å². The number of hydrogen-bond acceptors (Lipinski definition) is 4. The number of phenols is 2. The fourth-order valence-electron chi connectivity index (χ4n) is 2.85. The average Bonchev–Trinajstić information content (AvgIpc) is 2.63. The lowest BCUT2D eigenvalue weighted by Gasteiger charge is -2.16. The Hall–Kier alpha value is -2.59. The van der Waals surface area contributed by atoms with Crippen molar-refractivity contribution in [2.75, 3.05) is 4.72 Å². The van der Waals surface area contributed by atoms with Crippen LogP contribution in [0.5, 0.6) is 11.5 Å². The summed E-state index contributed by atoms with van der Waals surface area (Å²) in [4.78, 5) is 0. The Bertz CT molecular complexity index is 879. The summed E-state index contributed by atoms with van der Waals surface area (Å²) in [7, 11) is 0. The molecule has 0 aliphatic carbocycles. The van der Waals surface area contributed by atoms with Gasteiger partial charge in [0.05, 0.1) is 5.69 Å². The molecule has 3 aromatic carbocycles. The third-order valence-electron chi connectivity index (χ3n) is 4.25. The van der Waals surface area contributed by atoms with Gasteiger partial charge in [0.25, 0.3) is 0 Å². The van der Waals surface area contributed by atoms with Crippen molar-refractivity contribution in [1.82, 2.24) is 0 Å². The van der Waals surface area contributed by atoms with Gasteiger partial charge in [-0.2, -0.15) is 0 Å². The summed E-state index contributed by atoms with van der Waals surface area (Å²) in [5.41, 5.74) is 4.63. The van der Waals surface area contributed by atoms with E-state index in [1.54, 1.807) is 11.9 Å². The smallest absolute Gasteiger partial charge is 0.127 e. The minimum atomic E-state index is 0.0780. The number of phenolic OH excluding ortho intramolecular Hbond substituents is 2. The van der Waals surface area contributed by atoms with Gasteiger partial charge in [0, 0.05) is 22.9 Å². The predicted molar refractivity (Wildman–Crippen MR) is 111 cm³/mol. The third-order valence-corrected chi connectivity index (χ3v) is 5.09. The molecule has 0 aliphatic heterocycles. The van der Waals surface area contributed by atoms with Crippen molar-refractivity contribution < 1.29 is 10.2 Å². The van der Waals surface area contributed by atoms with Crippen LogP contribution < -0.4 is 4.72 Å². The number of para-hydroxylation sites is 1. The first-order chi connectivity index (χ1) is 12.6. The molecule has 0 bridgehead atoms. The van der Waals surface area contributed by atoms with Crippen LogP contribution in [-0.2, 0) is 5.75 Å². The van der Waals surface area contributed by atoms with Gasteiger partial charge in [-0.3, -0.25) is 0 Å². The zero-order valence-corrected chi connectivity index (χ0v) is 15.8. The summed E-state index contributed by atoms with van der Waals surface area (Å²) in [6.07, 6.45) is 0. The van der Waals surface area contributed by atoms with E-state index in [4.69, 9.17) is 0 Å². The molecule has 0 aliphatic rings.